The van der Waals surface area contributed by atoms with E-state index in [1.165, 1.54) is 11.1 Å². The van der Waals surface area contributed by atoms with Gasteiger partial charge >= 0.3 is 0 Å². The van der Waals surface area contributed by atoms with Crippen LogP contribution < -0.4 is 4.90 Å². The lowest BCUT2D eigenvalue weighted by Crippen LogP contribution is -2.55. The molecule has 2 aromatic rings. The first kappa shape index (κ1) is 17.3. The summed E-state index contributed by atoms with van der Waals surface area (Å²) in [5.74, 6) is 0.0909. The highest BCUT2D eigenvalue weighted by Gasteiger charge is 2.32. The molecule has 3 nitrogen and oxygen atoms in total. The van der Waals surface area contributed by atoms with Crippen LogP contribution >= 0.6 is 23.2 Å². The van der Waals surface area contributed by atoms with Gasteiger partial charge in [-0.3, -0.25) is 9.69 Å². The third-order valence-electron chi connectivity index (χ3n) is 4.63. The number of carbonyl (C=O) groups excluding carboxylic acids is 1. The molecule has 0 aromatic heterocycles. The first-order valence-corrected chi connectivity index (χ1v) is 8.78. The van der Waals surface area contributed by atoms with E-state index in [-0.39, 0.29) is 11.9 Å². The topological polar surface area (TPSA) is 23.6 Å². The fourth-order valence-electron chi connectivity index (χ4n) is 3.05. The fraction of sp³-hybridized carbons (Fsp3) is 0.316. The van der Waals surface area contributed by atoms with Crippen molar-refractivity contribution < 1.29 is 4.79 Å². The fourth-order valence-corrected chi connectivity index (χ4v) is 3.34. The second kappa shape index (κ2) is 7.14. The molecule has 1 saturated heterocycles. The predicted molar refractivity (Wildman–Crippen MR) is 99.9 cm³/mol. The lowest BCUT2D eigenvalue weighted by atomic mass is 10.1. The molecule has 24 heavy (non-hydrogen) atoms. The van der Waals surface area contributed by atoms with Crippen LogP contribution in [0.5, 0.6) is 0 Å². The molecule has 1 atom stereocenters. The molecule has 1 amide bonds. The van der Waals surface area contributed by atoms with Crippen LogP contribution in [0.3, 0.4) is 0 Å². The maximum atomic E-state index is 12.8. The number of piperazine rings is 1. The molecule has 126 valence electrons. The van der Waals surface area contributed by atoms with Gasteiger partial charge in [0.25, 0.3) is 0 Å². The van der Waals surface area contributed by atoms with Gasteiger partial charge in [0.05, 0.1) is 16.1 Å². The number of carbonyl (C=O) groups is 1. The third-order valence-corrected chi connectivity index (χ3v) is 5.37. The Morgan fingerprint density at radius 3 is 2.54 bits per heavy atom. The molecular weight excluding hydrogens is 343 g/mol. The number of hydrogen-bond donors (Lipinski definition) is 0. The molecule has 3 rings (SSSR count). The number of anilines is 1. The van der Waals surface area contributed by atoms with E-state index in [1.807, 2.05) is 25.1 Å². The van der Waals surface area contributed by atoms with Gasteiger partial charge in [-0.15, -0.1) is 0 Å². The zero-order valence-corrected chi connectivity index (χ0v) is 15.3. The summed E-state index contributed by atoms with van der Waals surface area (Å²) in [6, 6.07) is 13.5. The zero-order chi connectivity index (χ0) is 17.3. The summed E-state index contributed by atoms with van der Waals surface area (Å²) in [5, 5.41) is 0.969. The van der Waals surface area contributed by atoms with Crippen LogP contribution in [0.25, 0.3) is 0 Å². The number of rotatable bonds is 3. The molecule has 0 aliphatic carbocycles. The third kappa shape index (κ3) is 3.44. The average Bonchev–Trinajstić information content (AvgIpc) is 2.57. The summed E-state index contributed by atoms with van der Waals surface area (Å²) in [6.45, 7) is 6.32. The Kier molecular flexibility index (Phi) is 5.14. The summed E-state index contributed by atoms with van der Waals surface area (Å²) in [6.07, 6.45) is 0. The minimum Gasteiger partial charge on any atom is -0.310 e. The van der Waals surface area contributed by atoms with Crippen molar-refractivity contribution in [2.45, 2.75) is 26.4 Å². The van der Waals surface area contributed by atoms with E-state index in [0.29, 0.717) is 16.6 Å². The van der Waals surface area contributed by atoms with Gasteiger partial charge in [0.1, 0.15) is 0 Å². The Bertz CT molecular complexity index is 763. The number of halogens is 2. The van der Waals surface area contributed by atoms with Gasteiger partial charge < -0.3 is 4.90 Å². The highest BCUT2D eigenvalue weighted by atomic mass is 35.5. The van der Waals surface area contributed by atoms with E-state index >= 15 is 0 Å². The molecule has 1 unspecified atom stereocenters. The van der Waals surface area contributed by atoms with Crippen LogP contribution in [0.1, 0.15) is 18.1 Å². The number of hydrogen-bond acceptors (Lipinski definition) is 2. The van der Waals surface area contributed by atoms with Crippen molar-refractivity contribution in [1.82, 2.24) is 4.90 Å². The smallest absolute Gasteiger partial charge is 0.244 e. The highest BCUT2D eigenvalue weighted by molar-refractivity contribution is 6.42. The zero-order valence-electron chi connectivity index (χ0n) is 13.8. The Balaban J connectivity index is 1.76. The van der Waals surface area contributed by atoms with E-state index in [9.17, 15) is 4.79 Å². The molecule has 0 saturated carbocycles. The predicted octanol–water partition coefficient (Wildman–Crippen LogP) is 4.54. The van der Waals surface area contributed by atoms with Gasteiger partial charge in [0.15, 0.2) is 0 Å². The van der Waals surface area contributed by atoms with Crippen molar-refractivity contribution in [2.75, 3.05) is 18.0 Å². The number of benzene rings is 2. The first-order chi connectivity index (χ1) is 11.5. The molecule has 1 heterocycles. The van der Waals surface area contributed by atoms with E-state index < -0.39 is 0 Å². The van der Waals surface area contributed by atoms with Gasteiger partial charge in [0, 0.05) is 25.3 Å². The van der Waals surface area contributed by atoms with Gasteiger partial charge in [-0.25, -0.2) is 0 Å². The second-order valence-corrected chi connectivity index (χ2v) is 6.98. The summed E-state index contributed by atoms with van der Waals surface area (Å²) in [7, 11) is 0. The molecule has 0 N–H and O–H groups in total. The largest absolute Gasteiger partial charge is 0.310 e. The number of amides is 1. The van der Waals surface area contributed by atoms with Crippen LogP contribution in [0.4, 0.5) is 5.69 Å². The monoisotopic (exact) mass is 362 g/mol. The molecule has 1 fully saturated rings. The lowest BCUT2D eigenvalue weighted by molar-refractivity contribution is -0.125. The summed E-state index contributed by atoms with van der Waals surface area (Å²) >= 11 is 12.1. The molecule has 2 aromatic carbocycles. The van der Waals surface area contributed by atoms with Gasteiger partial charge in [-0.2, -0.15) is 0 Å². The van der Waals surface area contributed by atoms with Crippen molar-refractivity contribution in [3.8, 4) is 0 Å². The van der Waals surface area contributed by atoms with Crippen LogP contribution in [0.15, 0.2) is 42.5 Å². The van der Waals surface area contributed by atoms with Crippen molar-refractivity contribution >= 4 is 34.8 Å². The number of nitrogens with zero attached hydrogens (tertiary/aromatic N) is 2. The first-order valence-electron chi connectivity index (χ1n) is 8.02. The molecule has 0 spiro atoms. The standard InChI is InChI=1S/C19H20Cl2N2O/c1-13-5-3-4-6-15(13)12-22-9-10-23(19(24)14(22)2)16-7-8-17(20)18(21)11-16/h3-8,11,14H,9-10,12H2,1-2H3. The molecule has 1 aliphatic heterocycles. The summed E-state index contributed by atoms with van der Waals surface area (Å²) < 4.78 is 0. The summed E-state index contributed by atoms with van der Waals surface area (Å²) in [4.78, 5) is 16.8. The summed E-state index contributed by atoms with van der Waals surface area (Å²) in [5.41, 5.74) is 3.32. The molecular formula is C19H20Cl2N2O. The van der Waals surface area contributed by atoms with Crippen molar-refractivity contribution in [3.05, 3.63) is 63.6 Å². The Morgan fingerprint density at radius 2 is 1.83 bits per heavy atom. The maximum Gasteiger partial charge on any atom is 0.244 e. The average molecular weight is 363 g/mol. The quantitative estimate of drug-likeness (QED) is 0.799. The van der Waals surface area contributed by atoms with Gasteiger partial charge in [0.2, 0.25) is 5.91 Å². The van der Waals surface area contributed by atoms with Crippen LogP contribution in [-0.2, 0) is 11.3 Å². The van der Waals surface area contributed by atoms with Crippen molar-refractivity contribution in [2.24, 2.45) is 0 Å². The van der Waals surface area contributed by atoms with Crippen LogP contribution in [0.2, 0.25) is 10.0 Å². The normalized spacial score (nSPS) is 18.9. The van der Waals surface area contributed by atoms with Crippen LogP contribution in [-0.4, -0.2) is 29.9 Å². The Hall–Kier alpha value is -1.55. The van der Waals surface area contributed by atoms with E-state index in [4.69, 9.17) is 23.2 Å². The molecule has 1 aliphatic rings. The Labute approximate surface area is 152 Å². The van der Waals surface area contributed by atoms with Crippen molar-refractivity contribution in [3.63, 3.8) is 0 Å². The van der Waals surface area contributed by atoms with E-state index in [1.54, 1.807) is 17.0 Å². The van der Waals surface area contributed by atoms with E-state index in [0.717, 1.165) is 18.8 Å². The van der Waals surface area contributed by atoms with Gasteiger partial charge in [-0.1, -0.05) is 47.5 Å². The Morgan fingerprint density at radius 1 is 1.08 bits per heavy atom. The lowest BCUT2D eigenvalue weighted by Gasteiger charge is -2.39. The molecule has 0 radical (unpaired) electrons. The SMILES string of the molecule is Cc1ccccc1CN1CCN(c2ccc(Cl)c(Cl)c2)C(=O)C1C. The second-order valence-electron chi connectivity index (χ2n) is 6.16. The van der Waals surface area contributed by atoms with E-state index in [2.05, 4.69) is 24.0 Å². The minimum absolute atomic E-state index is 0.0909. The maximum absolute atomic E-state index is 12.8. The highest BCUT2D eigenvalue weighted by Crippen LogP contribution is 2.29. The van der Waals surface area contributed by atoms with Crippen LogP contribution in [0, 0.1) is 6.92 Å². The minimum atomic E-state index is -0.173. The molecule has 5 heteroatoms. The number of aryl methyl sites for hydroxylation is 1. The van der Waals surface area contributed by atoms with Crippen molar-refractivity contribution in [1.29, 1.82) is 0 Å². The van der Waals surface area contributed by atoms with Gasteiger partial charge in [-0.05, 0) is 43.2 Å². The molecule has 0 bridgehead atoms.